The molecule has 0 spiro atoms. The Labute approximate surface area is 166 Å². The van der Waals surface area contributed by atoms with E-state index in [9.17, 15) is 14.4 Å². The molecule has 0 bridgehead atoms. The molecule has 2 heterocycles. The number of benzene rings is 1. The maximum absolute atomic E-state index is 12.9. The van der Waals surface area contributed by atoms with Crippen molar-refractivity contribution in [3.8, 4) is 17.6 Å². The first kappa shape index (κ1) is 19.6. The van der Waals surface area contributed by atoms with Crippen molar-refractivity contribution >= 4 is 29.6 Å². The van der Waals surface area contributed by atoms with E-state index in [4.69, 9.17) is 4.74 Å². The van der Waals surface area contributed by atoms with Gasteiger partial charge < -0.3 is 9.64 Å². The Morgan fingerprint density at radius 2 is 2.25 bits per heavy atom. The number of nitrogens with zero attached hydrogens (tertiary/aromatic N) is 1. The van der Waals surface area contributed by atoms with E-state index in [1.54, 1.807) is 19.2 Å². The number of likely N-dealkylation sites (N-methyl/N-ethyl adjacent to an activating group) is 1. The van der Waals surface area contributed by atoms with Gasteiger partial charge in [0.05, 0.1) is 13.7 Å². The van der Waals surface area contributed by atoms with Crippen molar-refractivity contribution in [2.45, 2.75) is 12.1 Å². The van der Waals surface area contributed by atoms with Crippen LogP contribution in [0.2, 0.25) is 0 Å². The largest absolute Gasteiger partial charge is 0.497 e. The third-order valence-corrected chi connectivity index (χ3v) is 5.25. The fourth-order valence-electron chi connectivity index (χ4n) is 3.00. The summed E-state index contributed by atoms with van der Waals surface area (Å²) in [6.07, 6.45) is 0.312. The third-order valence-electron chi connectivity index (χ3n) is 4.57. The van der Waals surface area contributed by atoms with Gasteiger partial charge in [0.2, 0.25) is 6.41 Å². The van der Waals surface area contributed by atoms with Crippen molar-refractivity contribution in [2.24, 2.45) is 0 Å². The van der Waals surface area contributed by atoms with Gasteiger partial charge in [0.15, 0.2) is 5.54 Å². The number of methoxy groups -OCH3 is 1. The minimum atomic E-state index is -1.44. The molecule has 0 radical (unpaired) electrons. The summed E-state index contributed by atoms with van der Waals surface area (Å²) in [5.74, 6) is 5.62. The van der Waals surface area contributed by atoms with Crippen LogP contribution in [0, 0.1) is 11.8 Å². The molecule has 1 aromatic heterocycles. The highest BCUT2D eigenvalue weighted by Crippen LogP contribution is 2.28. The molecule has 3 amide bonds. The Morgan fingerprint density at radius 3 is 2.89 bits per heavy atom. The van der Waals surface area contributed by atoms with E-state index in [0.29, 0.717) is 24.3 Å². The van der Waals surface area contributed by atoms with E-state index in [1.807, 2.05) is 22.9 Å². The van der Waals surface area contributed by atoms with Crippen LogP contribution >= 0.6 is 11.3 Å². The van der Waals surface area contributed by atoms with Crippen LogP contribution in [0.1, 0.15) is 21.5 Å². The lowest BCUT2D eigenvalue weighted by molar-refractivity contribution is -0.129. The summed E-state index contributed by atoms with van der Waals surface area (Å²) < 4.78 is 5.19. The summed E-state index contributed by atoms with van der Waals surface area (Å²) in [6.45, 7) is 0.326. The third kappa shape index (κ3) is 3.76. The molecular formula is C20H19N3O4S. The number of rotatable bonds is 6. The van der Waals surface area contributed by atoms with Crippen molar-refractivity contribution in [2.75, 3.05) is 20.7 Å². The normalized spacial score (nSPS) is 14.5. The van der Waals surface area contributed by atoms with Gasteiger partial charge in [-0.05, 0) is 36.2 Å². The molecule has 0 aliphatic carbocycles. The monoisotopic (exact) mass is 397 g/mol. The highest BCUT2D eigenvalue weighted by Gasteiger charge is 2.41. The number of nitrogens with one attached hydrogen (secondary N) is 2. The summed E-state index contributed by atoms with van der Waals surface area (Å²) in [5, 5.41) is 8.79. The number of ether oxygens (including phenoxy) is 1. The van der Waals surface area contributed by atoms with Gasteiger partial charge in [-0.2, -0.15) is 11.3 Å². The lowest BCUT2D eigenvalue weighted by atomic mass is 9.97. The fourth-order valence-corrected chi connectivity index (χ4v) is 3.58. The van der Waals surface area contributed by atoms with E-state index in [1.165, 1.54) is 23.3 Å². The van der Waals surface area contributed by atoms with Crippen molar-refractivity contribution in [3.05, 3.63) is 51.7 Å². The number of carbonyl (C=O) groups is 3. The zero-order chi connectivity index (χ0) is 20.1. The first-order valence-corrected chi connectivity index (χ1v) is 9.42. The molecule has 1 atom stereocenters. The van der Waals surface area contributed by atoms with Gasteiger partial charge in [-0.25, -0.2) is 0 Å². The Bertz CT molecular complexity index is 962. The maximum atomic E-state index is 12.9. The molecule has 0 saturated carbocycles. The second kappa shape index (κ2) is 8.25. The number of thiophene rings is 1. The predicted octanol–water partition coefficient (Wildman–Crippen LogP) is 0.995. The van der Waals surface area contributed by atoms with Crippen LogP contribution in [0.3, 0.4) is 0 Å². The quantitative estimate of drug-likeness (QED) is 0.561. The van der Waals surface area contributed by atoms with Crippen LogP contribution in [0.25, 0.3) is 0 Å². The number of amides is 3. The molecule has 1 aliphatic heterocycles. The smallest absolute Gasteiger partial charge is 0.260 e. The van der Waals surface area contributed by atoms with Crippen LogP contribution in [0.5, 0.6) is 5.75 Å². The molecule has 8 heteroatoms. The molecule has 144 valence electrons. The van der Waals surface area contributed by atoms with Crippen molar-refractivity contribution in [3.63, 3.8) is 0 Å². The van der Waals surface area contributed by atoms with E-state index in [-0.39, 0.29) is 12.5 Å². The van der Waals surface area contributed by atoms with Gasteiger partial charge in [0.1, 0.15) is 5.75 Å². The first-order chi connectivity index (χ1) is 13.5. The van der Waals surface area contributed by atoms with E-state index < -0.39 is 11.4 Å². The molecule has 0 unspecified atom stereocenters. The van der Waals surface area contributed by atoms with Crippen LogP contribution < -0.4 is 15.4 Å². The van der Waals surface area contributed by atoms with Crippen LogP contribution in [-0.4, -0.2) is 49.4 Å². The minimum Gasteiger partial charge on any atom is -0.497 e. The van der Waals surface area contributed by atoms with Gasteiger partial charge in [0.25, 0.3) is 11.8 Å². The Balaban J connectivity index is 1.92. The summed E-state index contributed by atoms with van der Waals surface area (Å²) in [5.41, 5.74) is 0.692. The second-order valence-corrected chi connectivity index (χ2v) is 6.97. The van der Waals surface area contributed by atoms with Gasteiger partial charge in [-0.15, -0.1) is 0 Å². The standard InChI is InChI=1S/C20H19N3O4S/c1-21-20(19(26)22-13-24,7-5-14-6-8-28-11-14)12-23-10-15-3-4-16(27-2)9-17(15)18(23)25/h3-4,6,8-9,11,13,21H,10,12H2,1-2H3,(H,22,24,26)/t20-/m1/s1. The summed E-state index contributed by atoms with van der Waals surface area (Å²) >= 11 is 1.49. The molecule has 2 N–H and O–H groups in total. The SMILES string of the molecule is CN[C@](C#Cc1ccsc1)(CN1Cc2ccc(OC)cc2C1=O)C(=O)NC=O. The van der Waals surface area contributed by atoms with Crippen molar-refractivity contribution in [1.82, 2.24) is 15.5 Å². The van der Waals surface area contributed by atoms with Crippen LogP contribution in [-0.2, 0) is 16.1 Å². The molecule has 3 rings (SSSR count). The van der Waals surface area contributed by atoms with Crippen molar-refractivity contribution in [1.29, 1.82) is 0 Å². The highest BCUT2D eigenvalue weighted by atomic mass is 32.1. The number of hydrogen-bond donors (Lipinski definition) is 2. The fraction of sp³-hybridized carbons (Fsp3) is 0.250. The molecule has 0 saturated heterocycles. The Kier molecular flexibility index (Phi) is 5.78. The highest BCUT2D eigenvalue weighted by molar-refractivity contribution is 7.08. The van der Waals surface area contributed by atoms with Crippen molar-refractivity contribution < 1.29 is 19.1 Å². The minimum absolute atomic E-state index is 0.0177. The van der Waals surface area contributed by atoms with E-state index in [2.05, 4.69) is 22.5 Å². The molecule has 0 fully saturated rings. The lowest BCUT2D eigenvalue weighted by Crippen LogP contribution is -2.60. The number of carbonyl (C=O) groups excluding carboxylic acids is 3. The van der Waals surface area contributed by atoms with E-state index in [0.717, 1.165) is 11.1 Å². The molecule has 2 aromatic rings. The number of hydrogen-bond acceptors (Lipinski definition) is 6. The molecular weight excluding hydrogens is 378 g/mol. The Hall–Kier alpha value is -3.15. The zero-order valence-electron chi connectivity index (χ0n) is 15.4. The average Bonchev–Trinajstić information content (AvgIpc) is 3.33. The maximum Gasteiger partial charge on any atom is 0.260 e. The van der Waals surface area contributed by atoms with Gasteiger partial charge in [0, 0.05) is 23.1 Å². The van der Waals surface area contributed by atoms with Gasteiger partial charge in [-0.3, -0.25) is 25.0 Å². The molecule has 1 aromatic carbocycles. The molecule has 28 heavy (non-hydrogen) atoms. The summed E-state index contributed by atoms with van der Waals surface area (Å²) in [6, 6.07) is 7.13. The first-order valence-electron chi connectivity index (χ1n) is 8.48. The predicted molar refractivity (Wildman–Crippen MR) is 105 cm³/mol. The van der Waals surface area contributed by atoms with Gasteiger partial charge in [-0.1, -0.05) is 17.9 Å². The van der Waals surface area contributed by atoms with Crippen LogP contribution in [0.4, 0.5) is 0 Å². The zero-order valence-corrected chi connectivity index (χ0v) is 16.3. The van der Waals surface area contributed by atoms with Crippen LogP contribution in [0.15, 0.2) is 35.0 Å². The van der Waals surface area contributed by atoms with E-state index >= 15 is 0 Å². The summed E-state index contributed by atoms with van der Waals surface area (Å²) in [7, 11) is 3.11. The number of imide groups is 1. The van der Waals surface area contributed by atoms with Gasteiger partial charge >= 0.3 is 0 Å². The average molecular weight is 397 g/mol. The second-order valence-electron chi connectivity index (χ2n) is 6.19. The molecule has 1 aliphatic rings. The molecule has 7 nitrogen and oxygen atoms in total. The lowest BCUT2D eigenvalue weighted by Gasteiger charge is -2.30. The number of fused-ring (bicyclic) bond motifs is 1. The topological polar surface area (TPSA) is 87.7 Å². The Morgan fingerprint density at radius 1 is 1.43 bits per heavy atom. The summed E-state index contributed by atoms with van der Waals surface area (Å²) in [4.78, 5) is 37.9.